The monoisotopic (exact) mass is 203 g/mol. The lowest BCUT2D eigenvalue weighted by molar-refractivity contribution is -0.105. The third-order valence-electron chi connectivity index (χ3n) is 2.67. The maximum absolute atomic E-state index is 10.4. The number of carbonyl (C=O) groups is 1. The van der Waals surface area contributed by atoms with E-state index >= 15 is 0 Å². The fourth-order valence-electron chi connectivity index (χ4n) is 1.52. The molecule has 0 amide bonds. The standard InChI is InChI=1S/C14H19O/c1-11(9-10-15)12-5-7-13(8-6-12)14(2,3)4/h5-11H,1-4H3. The van der Waals surface area contributed by atoms with Crippen molar-refractivity contribution in [2.24, 2.45) is 0 Å². The molecule has 15 heavy (non-hydrogen) atoms. The van der Waals surface area contributed by atoms with Gasteiger partial charge in [-0.15, -0.1) is 0 Å². The van der Waals surface area contributed by atoms with E-state index < -0.39 is 0 Å². The van der Waals surface area contributed by atoms with Crippen LogP contribution in [0, 0.1) is 6.42 Å². The van der Waals surface area contributed by atoms with E-state index in [4.69, 9.17) is 0 Å². The molecule has 1 heteroatoms. The highest BCUT2D eigenvalue weighted by Gasteiger charge is 2.13. The van der Waals surface area contributed by atoms with Gasteiger partial charge in [0.15, 0.2) is 0 Å². The van der Waals surface area contributed by atoms with Crippen molar-refractivity contribution in [3.05, 3.63) is 41.8 Å². The summed E-state index contributed by atoms with van der Waals surface area (Å²) in [6.45, 7) is 8.62. The highest BCUT2D eigenvalue weighted by atomic mass is 16.1. The summed E-state index contributed by atoms with van der Waals surface area (Å²) in [5.74, 6) is 0.205. The van der Waals surface area contributed by atoms with Gasteiger partial charge < -0.3 is 4.79 Å². The van der Waals surface area contributed by atoms with Crippen molar-refractivity contribution < 1.29 is 4.79 Å². The average molecular weight is 203 g/mol. The van der Waals surface area contributed by atoms with Crippen LogP contribution in [0.1, 0.15) is 44.7 Å². The summed E-state index contributed by atoms with van der Waals surface area (Å²) in [5, 5.41) is 0. The summed E-state index contributed by atoms with van der Waals surface area (Å²) in [6, 6.07) is 8.49. The van der Waals surface area contributed by atoms with Gasteiger partial charge >= 0.3 is 0 Å². The van der Waals surface area contributed by atoms with Crippen molar-refractivity contribution >= 4 is 6.29 Å². The normalized spacial score (nSPS) is 13.6. The quantitative estimate of drug-likeness (QED) is 0.687. The van der Waals surface area contributed by atoms with Gasteiger partial charge in [-0.2, -0.15) is 0 Å². The van der Waals surface area contributed by atoms with Crippen LogP contribution in [-0.4, -0.2) is 6.29 Å². The number of benzene rings is 1. The van der Waals surface area contributed by atoms with Crippen LogP contribution < -0.4 is 0 Å². The van der Waals surface area contributed by atoms with Crippen molar-refractivity contribution in [2.75, 3.05) is 0 Å². The molecule has 0 saturated carbocycles. The lowest BCUT2D eigenvalue weighted by atomic mass is 9.85. The molecule has 0 bridgehead atoms. The van der Waals surface area contributed by atoms with Crippen LogP contribution in [-0.2, 0) is 10.2 Å². The van der Waals surface area contributed by atoms with Gasteiger partial charge in [-0.05, 0) is 22.5 Å². The smallest absolute Gasteiger partial charge is 0.124 e. The van der Waals surface area contributed by atoms with Crippen LogP contribution in [0.5, 0.6) is 0 Å². The first-order chi connectivity index (χ1) is 6.95. The second kappa shape index (κ2) is 4.61. The van der Waals surface area contributed by atoms with Gasteiger partial charge in [0.05, 0.1) is 0 Å². The molecule has 0 aromatic heterocycles. The summed E-state index contributed by atoms with van der Waals surface area (Å²) >= 11 is 0. The predicted octanol–water partition coefficient (Wildman–Crippen LogP) is 3.49. The summed E-state index contributed by atoms with van der Waals surface area (Å²) < 4.78 is 0. The number of rotatable bonds is 3. The Morgan fingerprint density at radius 3 is 2.07 bits per heavy atom. The molecular weight excluding hydrogens is 184 g/mol. The Bertz CT molecular complexity index is 316. The maximum atomic E-state index is 10.4. The zero-order chi connectivity index (χ0) is 11.5. The van der Waals surface area contributed by atoms with Gasteiger partial charge in [-0.1, -0.05) is 52.0 Å². The molecule has 1 rings (SSSR count). The molecule has 0 saturated heterocycles. The molecule has 1 unspecified atom stereocenters. The zero-order valence-electron chi connectivity index (χ0n) is 9.95. The molecule has 1 nitrogen and oxygen atoms in total. The first-order valence-corrected chi connectivity index (χ1v) is 5.34. The third kappa shape index (κ3) is 3.19. The molecule has 0 spiro atoms. The van der Waals surface area contributed by atoms with Crippen molar-refractivity contribution in [3.8, 4) is 0 Å². The molecule has 0 aliphatic carbocycles. The van der Waals surface area contributed by atoms with E-state index in [9.17, 15) is 4.79 Å². The van der Waals surface area contributed by atoms with E-state index in [2.05, 4.69) is 45.0 Å². The number of hydrogen-bond acceptors (Lipinski definition) is 1. The van der Waals surface area contributed by atoms with Gasteiger partial charge in [0.1, 0.15) is 6.29 Å². The van der Waals surface area contributed by atoms with Crippen molar-refractivity contribution in [1.82, 2.24) is 0 Å². The Morgan fingerprint density at radius 2 is 1.67 bits per heavy atom. The third-order valence-corrected chi connectivity index (χ3v) is 2.67. The van der Waals surface area contributed by atoms with Crippen LogP contribution >= 0.6 is 0 Å². The second-order valence-corrected chi connectivity index (χ2v) is 4.99. The highest BCUT2D eigenvalue weighted by molar-refractivity contribution is 5.63. The maximum Gasteiger partial charge on any atom is 0.124 e. The Morgan fingerprint density at radius 1 is 1.13 bits per heavy atom. The number of hydrogen-bond donors (Lipinski definition) is 0. The minimum atomic E-state index is 0.191. The van der Waals surface area contributed by atoms with Gasteiger partial charge in [0, 0.05) is 6.42 Å². The molecule has 0 aliphatic heterocycles. The lowest BCUT2D eigenvalue weighted by Crippen LogP contribution is -2.10. The van der Waals surface area contributed by atoms with Crippen LogP contribution in [0.25, 0.3) is 0 Å². The molecule has 1 radical (unpaired) electrons. The van der Waals surface area contributed by atoms with Gasteiger partial charge in [-0.25, -0.2) is 0 Å². The zero-order valence-corrected chi connectivity index (χ0v) is 9.95. The average Bonchev–Trinajstić information content (AvgIpc) is 2.17. The second-order valence-electron chi connectivity index (χ2n) is 4.99. The highest BCUT2D eigenvalue weighted by Crippen LogP contribution is 2.24. The van der Waals surface area contributed by atoms with Crippen molar-refractivity contribution in [2.45, 2.75) is 39.0 Å². The molecule has 1 aromatic rings. The number of aldehydes is 1. The number of carbonyl (C=O) groups excluding carboxylic acids is 1. The molecule has 0 heterocycles. The van der Waals surface area contributed by atoms with Gasteiger partial charge in [0.2, 0.25) is 0 Å². The van der Waals surface area contributed by atoms with Crippen LogP contribution in [0.4, 0.5) is 0 Å². The molecule has 1 atom stereocenters. The Hall–Kier alpha value is -1.11. The summed E-state index contributed by atoms with van der Waals surface area (Å²) in [5.41, 5.74) is 2.70. The van der Waals surface area contributed by atoms with E-state index in [1.165, 1.54) is 11.1 Å². The molecule has 0 fully saturated rings. The van der Waals surface area contributed by atoms with Gasteiger partial charge in [0.25, 0.3) is 0 Å². The van der Waals surface area contributed by atoms with E-state index in [1.807, 2.05) is 6.92 Å². The predicted molar refractivity (Wildman–Crippen MR) is 63.9 cm³/mol. The Kier molecular flexibility index (Phi) is 3.67. The van der Waals surface area contributed by atoms with Crippen LogP contribution in [0.2, 0.25) is 0 Å². The minimum Gasteiger partial charge on any atom is -0.303 e. The van der Waals surface area contributed by atoms with Crippen molar-refractivity contribution in [3.63, 3.8) is 0 Å². The lowest BCUT2D eigenvalue weighted by Gasteiger charge is -2.19. The summed E-state index contributed by atoms with van der Waals surface area (Å²) in [7, 11) is 0. The Labute approximate surface area is 92.5 Å². The van der Waals surface area contributed by atoms with Crippen molar-refractivity contribution in [1.29, 1.82) is 0 Å². The molecular formula is C14H19O. The van der Waals surface area contributed by atoms with Crippen LogP contribution in [0.15, 0.2) is 24.3 Å². The first-order valence-electron chi connectivity index (χ1n) is 5.34. The van der Waals surface area contributed by atoms with Crippen LogP contribution in [0.3, 0.4) is 0 Å². The summed E-state index contributed by atoms with van der Waals surface area (Å²) in [4.78, 5) is 10.4. The molecule has 81 valence electrons. The summed E-state index contributed by atoms with van der Waals surface area (Å²) in [6.07, 6.45) is 2.54. The minimum absolute atomic E-state index is 0.191. The van der Waals surface area contributed by atoms with E-state index in [0.29, 0.717) is 0 Å². The molecule has 0 aliphatic rings. The van der Waals surface area contributed by atoms with E-state index in [1.54, 1.807) is 6.42 Å². The van der Waals surface area contributed by atoms with Gasteiger partial charge in [-0.3, -0.25) is 0 Å². The van der Waals surface area contributed by atoms with E-state index in [0.717, 1.165) is 6.29 Å². The first kappa shape index (κ1) is 12.0. The molecule has 0 N–H and O–H groups in total. The molecule has 1 aromatic carbocycles. The van der Waals surface area contributed by atoms with E-state index in [-0.39, 0.29) is 11.3 Å². The SMILES string of the molecule is CC([CH]C=O)c1ccc(C(C)(C)C)cc1. The largest absolute Gasteiger partial charge is 0.303 e. The topological polar surface area (TPSA) is 17.1 Å². The Balaban J connectivity index is 2.85. The fourth-order valence-corrected chi connectivity index (χ4v) is 1.52. The fraction of sp³-hybridized carbons (Fsp3) is 0.429.